The van der Waals surface area contributed by atoms with Gasteiger partial charge in [0.25, 0.3) is 5.91 Å². The molecule has 102 valence electrons. The third kappa shape index (κ3) is 4.12. The molecule has 6 nitrogen and oxygen atoms in total. The fraction of sp³-hybridized carbons (Fsp3) is 0.667. The summed E-state index contributed by atoms with van der Waals surface area (Å²) >= 11 is 0. The van der Waals surface area contributed by atoms with E-state index in [9.17, 15) is 4.79 Å². The van der Waals surface area contributed by atoms with E-state index in [4.69, 9.17) is 10.5 Å². The third-order valence-corrected chi connectivity index (χ3v) is 2.73. The normalized spacial score (nSPS) is 10.6. The average Bonchev–Trinajstić information content (AvgIpc) is 2.73. The van der Waals surface area contributed by atoms with Crippen LogP contribution in [0.25, 0.3) is 0 Å². The minimum atomic E-state index is -0.0809. The lowest BCUT2D eigenvalue weighted by Gasteiger charge is -2.06. The van der Waals surface area contributed by atoms with Gasteiger partial charge in [0.05, 0.1) is 11.8 Å². The number of nitrogens with one attached hydrogen (secondary N) is 1. The lowest BCUT2D eigenvalue weighted by atomic mass is 10.2. The molecule has 0 unspecified atom stereocenters. The maximum Gasteiger partial charge on any atom is 0.254 e. The Morgan fingerprint density at radius 1 is 1.56 bits per heavy atom. The molecule has 0 aromatic carbocycles. The standard InChI is InChI=1S/C12H22N4O2/c1-10-11(9-15-16(10)7-3-5-13)12(17)14-6-4-8-18-2/h9H,3-8,13H2,1-2H3,(H,14,17). The predicted molar refractivity (Wildman–Crippen MR) is 69.5 cm³/mol. The number of amides is 1. The average molecular weight is 254 g/mol. The molecule has 1 rings (SSSR count). The van der Waals surface area contributed by atoms with Crippen LogP contribution in [0.3, 0.4) is 0 Å². The molecule has 1 heterocycles. The van der Waals surface area contributed by atoms with E-state index < -0.39 is 0 Å². The quantitative estimate of drug-likeness (QED) is 0.654. The van der Waals surface area contributed by atoms with E-state index in [1.54, 1.807) is 13.3 Å². The Balaban J connectivity index is 2.50. The van der Waals surface area contributed by atoms with Gasteiger partial charge in [0.1, 0.15) is 0 Å². The first-order chi connectivity index (χ1) is 8.70. The van der Waals surface area contributed by atoms with Gasteiger partial charge in [0, 0.05) is 32.5 Å². The second-order valence-corrected chi connectivity index (χ2v) is 4.11. The molecule has 0 aliphatic rings. The molecular formula is C12H22N4O2. The zero-order valence-electron chi connectivity index (χ0n) is 11.1. The van der Waals surface area contributed by atoms with Gasteiger partial charge < -0.3 is 15.8 Å². The van der Waals surface area contributed by atoms with Gasteiger partial charge in [-0.25, -0.2) is 0 Å². The first kappa shape index (κ1) is 14.7. The van der Waals surface area contributed by atoms with Gasteiger partial charge in [-0.2, -0.15) is 5.10 Å². The van der Waals surface area contributed by atoms with E-state index in [-0.39, 0.29) is 5.91 Å². The third-order valence-electron chi connectivity index (χ3n) is 2.73. The number of hydrogen-bond donors (Lipinski definition) is 2. The molecular weight excluding hydrogens is 232 g/mol. The number of nitrogens with zero attached hydrogens (tertiary/aromatic N) is 2. The first-order valence-corrected chi connectivity index (χ1v) is 6.20. The van der Waals surface area contributed by atoms with Gasteiger partial charge in [-0.05, 0) is 26.3 Å². The molecule has 1 amide bonds. The van der Waals surface area contributed by atoms with Crippen molar-refractivity contribution in [3.8, 4) is 0 Å². The summed E-state index contributed by atoms with van der Waals surface area (Å²) in [4.78, 5) is 11.9. The Morgan fingerprint density at radius 2 is 2.33 bits per heavy atom. The summed E-state index contributed by atoms with van der Waals surface area (Å²) in [6, 6.07) is 0. The van der Waals surface area contributed by atoms with Crippen molar-refractivity contribution in [2.24, 2.45) is 5.73 Å². The van der Waals surface area contributed by atoms with Crippen molar-refractivity contribution >= 4 is 5.91 Å². The largest absolute Gasteiger partial charge is 0.385 e. The SMILES string of the molecule is COCCCNC(=O)c1cnn(CCCN)c1C. The number of methoxy groups -OCH3 is 1. The number of carbonyl (C=O) groups is 1. The van der Waals surface area contributed by atoms with E-state index in [0.29, 0.717) is 25.3 Å². The van der Waals surface area contributed by atoms with Crippen molar-refractivity contribution in [1.29, 1.82) is 0 Å². The number of aromatic nitrogens is 2. The van der Waals surface area contributed by atoms with Crippen molar-refractivity contribution in [1.82, 2.24) is 15.1 Å². The molecule has 0 saturated carbocycles. The van der Waals surface area contributed by atoms with Crippen LogP contribution >= 0.6 is 0 Å². The highest BCUT2D eigenvalue weighted by Crippen LogP contribution is 2.07. The van der Waals surface area contributed by atoms with Crippen LogP contribution < -0.4 is 11.1 Å². The summed E-state index contributed by atoms with van der Waals surface area (Å²) in [5.41, 5.74) is 6.97. The van der Waals surface area contributed by atoms with Crippen LogP contribution in [0.5, 0.6) is 0 Å². The molecule has 0 bridgehead atoms. The fourth-order valence-electron chi connectivity index (χ4n) is 1.65. The number of ether oxygens (including phenoxy) is 1. The van der Waals surface area contributed by atoms with Crippen molar-refractivity contribution in [2.75, 3.05) is 26.8 Å². The van der Waals surface area contributed by atoms with Crippen LogP contribution in [0.4, 0.5) is 0 Å². The molecule has 3 N–H and O–H groups in total. The molecule has 0 fully saturated rings. The molecule has 0 aliphatic heterocycles. The predicted octanol–water partition coefficient (Wildman–Crippen LogP) is 0.307. The molecule has 0 aliphatic carbocycles. The van der Waals surface area contributed by atoms with Gasteiger partial charge in [0.15, 0.2) is 0 Å². The topological polar surface area (TPSA) is 82.2 Å². The van der Waals surface area contributed by atoms with Gasteiger partial charge >= 0.3 is 0 Å². The summed E-state index contributed by atoms with van der Waals surface area (Å²) in [6.45, 7) is 4.53. The van der Waals surface area contributed by atoms with E-state index in [1.807, 2.05) is 11.6 Å². The summed E-state index contributed by atoms with van der Waals surface area (Å²) < 4.78 is 6.74. The van der Waals surface area contributed by atoms with Gasteiger partial charge in [-0.15, -0.1) is 0 Å². The van der Waals surface area contributed by atoms with E-state index in [2.05, 4.69) is 10.4 Å². The van der Waals surface area contributed by atoms with Gasteiger partial charge in [-0.3, -0.25) is 9.48 Å². The van der Waals surface area contributed by atoms with Crippen LogP contribution in [-0.2, 0) is 11.3 Å². The number of carbonyl (C=O) groups excluding carboxylic acids is 1. The molecule has 0 radical (unpaired) electrons. The van der Waals surface area contributed by atoms with E-state index in [0.717, 1.165) is 25.1 Å². The van der Waals surface area contributed by atoms with Gasteiger partial charge in [0.2, 0.25) is 0 Å². The summed E-state index contributed by atoms with van der Waals surface area (Å²) in [5.74, 6) is -0.0809. The summed E-state index contributed by atoms with van der Waals surface area (Å²) in [6.07, 6.45) is 3.28. The molecule has 0 atom stereocenters. The summed E-state index contributed by atoms with van der Waals surface area (Å²) in [5, 5.41) is 7.04. The minimum Gasteiger partial charge on any atom is -0.385 e. The van der Waals surface area contributed by atoms with Crippen LogP contribution in [0.1, 0.15) is 28.9 Å². The number of aryl methyl sites for hydroxylation is 1. The maximum absolute atomic E-state index is 11.9. The second kappa shape index (κ2) is 7.84. The zero-order valence-corrected chi connectivity index (χ0v) is 11.1. The lowest BCUT2D eigenvalue weighted by Crippen LogP contribution is -2.25. The highest BCUT2D eigenvalue weighted by Gasteiger charge is 2.13. The van der Waals surface area contributed by atoms with E-state index >= 15 is 0 Å². The molecule has 1 aromatic rings. The molecule has 18 heavy (non-hydrogen) atoms. The highest BCUT2D eigenvalue weighted by molar-refractivity contribution is 5.94. The monoisotopic (exact) mass is 254 g/mol. The Hall–Kier alpha value is -1.40. The van der Waals surface area contributed by atoms with Crippen molar-refractivity contribution in [2.45, 2.75) is 26.3 Å². The zero-order chi connectivity index (χ0) is 13.4. The Labute approximate surface area is 107 Å². The van der Waals surface area contributed by atoms with Crippen LogP contribution in [0, 0.1) is 6.92 Å². The minimum absolute atomic E-state index is 0.0809. The number of hydrogen-bond acceptors (Lipinski definition) is 4. The molecule has 0 saturated heterocycles. The van der Waals surface area contributed by atoms with Crippen LogP contribution in [0.2, 0.25) is 0 Å². The van der Waals surface area contributed by atoms with Crippen LogP contribution in [0.15, 0.2) is 6.20 Å². The second-order valence-electron chi connectivity index (χ2n) is 4.11. The molecule has 1 aromatic heterocycles. The van der Waals surface area contributed by atoms with Crippen molar-refractivity contribution < 1.29 is 9.53 Å². The lowest BCUT2D eigenvalue weighted by molar-refractivity contribution is 0.0948. The maximum atomic E-state index is 11.9. The Kier molecular flexibility index (Phi) is 6.38. The van der Waals surface area contributed by atoms with Crippen molar-refractivity contribution in [3.05, 3.63) is 17.5 Å². The Morgan fingerprint density at radius 3 is 3.00 bits per heavy atom. The van der Waals surface area contributed by atoms with Crippen LogP contribution in [-0.4, -0.2) is 42.5 Å². The molecule has 6 heteroatoms. The van der Waals surface area contributed by atoms with Crippen molar-refractivity contribution in [3.63, 3.8) is 0 Å². The number of rotatable bonds is 8. The first-order valence-electron chi connectivity index (χ1n) is 6.20. The summed E-state index contributed by atoms with van der Waals surface area (Å²) in [7, 11) is 1.65. The van der Waals surface area contributed by atoms with Gasteiger partial charge in [-0.1, -0.05) is 0 Å². The Bertz CT molecular complexity index is 376. The fourth-order valence-corrected chi connectivity index (χ4v) is 1.65. The highest BCUT2D eigenvalue weighted by atomic mass is 16.5. The molecule has 0 spiro atoms. The smallest absolute Gasteiger partial charge is 0.254 e. The van der Waals surface area contributed by atoms with E-state index in [1.165, 1.54) is 0 Å². The number of nitrogens with two attached hydrogens (primary N) is 1.